The molecule has 1 N–H and O–H groups in total. The number of hydrogen-bond donors (Lipinski definition) is 1. The van der Waals surface area contributed by atoms with Gasteiger partial charge < -0.3 is 5.32 Å². The highest BCUT2D eigenvalue weighted by Crippen LogP contribution is 2.25. The van der Waals surface area contributed by atoms with Crippen LogP contribution in [0.15, 0.2) is 48.5 Å². The lowest BCUT2D eigenvalue weighted by Crippen LogP contribution is -2.37. The van der Waals surface area contributed by atoms with Crippen LogP contribution in [0, 0.1) is 0 Å². The van der Waals surface area contributed by atoms with Crippen molar-refractivity contribution in [1.82, 2.24) is 5.32 Å². The van der Waals surface area contributed by atoms with Crippen LogP contribution in [0.4, 0.5) is 5.69 Å². The highest BCUT2D eigenvalue weighted by Gasteiger charge is 2.26. The number of carbonyl (C=O) groups excluding carboxylic acids is 1. The molecule has 0 spiro atoms. The van der Waals surface area contributed by atoms with Crippen LogP contribution in [-0.2, 0) is 15.4 Å². The molecule has 6 heteroatoms. The zero-order chi connectivity index (χ0) is 21.2. The second-order valence-corrected chi connectivity index (χ2v) is 10.7. The number of rotatable bonds is 4. The van der Waals surface area contributed by atoms with E-state index in [4.69, 9.17) is 0 Å². The molecule has 5 nitrogen and oxygen atoms in total. The Morgan fingerprint density at radius 3 is 2.17 bits per heavy atom. The zero-order valence-electron chi connectivity index (χ0n) is 17.6. The first-order chi connectivity index (χ1) is 13.6. The Kier molecular flexibility index (Phi) is 6.03. The number of carbonyl (C=O) groups is 1. The monoisotopic (exact) mass is 414 g/mol. The predicted molar refractivity (Wildman–Crippen MR) is 118 cm³/mol. The van der Waals surface area contributed by atoms with Gasteiger partial charge >= 0.3 is 0 Å². The van der Waals surface area contributed by atoms with E-state index in [1.165, 1.54) is 9.87 Å². The van der Waals surface area contributed by atoms with Crippen molar-refractivity contribution in [2.24, 2.45) is 0 Å². The summed E-state index contributed by atoms with van der Waals surface area (Å²) < 4.78 is 25.9. The van der Waals surface area contributed by atoms with E-state index < -0.39 is 10.0 Å². The summed E-state index contributed by atoms with van der Waals surface area (Å²) in [5, 5.41) is 3.02. The summed E-state index contributed by atoms with van der Waals surface area (Å²) in [5.41, 5.74) is 3.52. The maximum absolute atomic E-state index is 12.6. The van der Waals surface area contributed by atoms with Crippen LogP contribution >= 0.6 is 0 Å². The van der Waals surface area contributed by atoms with Gasteiger partial charge in [-0.05, 0) is 60.6 Å². The van der Waals surface area contributed by atoms with Crippen LogP contribution in [0.25, 0.3) is 0 Å². The summed E-state index contributed by atoms with van der Waals surface area (Å²) >= 11 is 0. The maximum Gasteiger partial charge on any atom is 0.251 e. The fourth-order valence-corrected chi connectivity index (χ4v) is 5.13. The fourth-order valence-electron chi connectivity index (χ4n) is 3.49. The van der Waals surface area contributed by atoms with Gasteiger partial charge in [0.2, 0.25) is 10.0 Å². The van der Waals surface area contributed by atoms with E-state index >= 15 is 0 Å². The van der Waals surface area contributed by atoms with Crippen LogP contribution < -0.4 is 9.62 Å². The van der Waals surface area contributed by atoms with E-state index in [0.29, 0.717) is 24.2 Å². The van der Waals surface area contributed by atoms with Gasteiger partial charge in [0.1, 0.15) is 0 Å². The first kappa shape index (κ1) is 21.4. The Morgan fingerprint density at radius 1 is 1.00 bits per heavy atom. The molecule has 1 saturated heterocycles. The van der Waals surface area contributed by atoms with E-state index in [1.807, 2.05) is 6.92 Å². The van der Waals surface area contributed by atoms with E-state index in [0.717, 1.165) is 12.0 Å². The molecule has 1 heterocycles. The molecule has 1 aliphatic rings. The average Bonchev–Trinajstić information content (AvgIpc) is 2.67. The van der Waals surface area contributed by atoms with Gasteiger partial charge in [0.05, 0.1) is 17.5 Å². The van der Waals surface area contributed by atoms with Crippen molar-refractivity contribution >= 4 is 21.6 Å². The third-order valence-corrected chi connectivity index (χ3v) is 7.26. The lowest BCUT2D eigenvalue weighted by molar-refractivity contribution is 0.0940. The number of amides is 1. The van der Waals surface area contributed by atoms with Crippen molar-refractivity contribution < 1.29 is 13.2 Å². The third kappa shape index (κ3) is 4.99. The van der Waals surface area contributed by atoms with Gasteiger partial charge in [-0.1, -0.05) is 45.0 Å². The Bertz CT molecular complexity index is 959. The van der Waals surface area contributed by atoms with Crippen LogP contribution in [0.1, 0.15) is 68.1 Å². The SMILES string of the molecule is CC(NC(=O)c1ccc(N2CCCCS2(=O)=O)cc1)c1ccc(C(C)(C)C)cc1. The van der Waals surface area contributed by atoms with E-state index in [-0.39, 0.29) is 23.1 Å². The maximum atomic E-state index is 12.6. The molecule has 0 radical (unpaired) electrons. The van der Waals surface area contributed by atoms with Crippen molar-refractivity contribution in [2.45, 2.75) is 52.0 Å². The Balaban J connectivity index is 1.67. The molecular weight excluding hydrogens is 384 g/mol. The molecule has 1 amide bonds. The molecule has 29 heavy (non-hydrogen) atoms. The zero-order valence-corrected chi connectivity index (χ0v) is 18.4. The minimum Gasteiger partial charge on any atom is -0.346 e. The van der Waals surface area contributed by atoms with Crippen LogP contribution in [0.3, 0.4) is 0 Å². The molecule has 0 saturated carbocycles. The first-order valence-corrected chi connectivity index (χ1v) is 11.7. The molecule has 1 fully saturated rings. The molecule has 156 valence electrons. The molecule has 0 aromatic heterocycles. The van der Waals surface area contributed by atoms with Gasteiger partial charge in [0.15, 0.2) is 0 Å². The smallest absolute Gasteiger partial charge is 0.251 e. The molecule has 0 aliphatic carbocycles. The minimum atomic E-state index is -3.25. The van der Waals surface area contributed by atoms with Crippen molar-refractivity contribution in [3.8, 4) is 0 Å². The lowest BCUT2D eigenvalue weighted by atomic mass is 9.86. The first-order valence-electron chi connectivity index (χ1n) is 10.1. The largest absolute Gasteiger partial charge is 0.346 e. The molecule has 3 rings (SSSR count). The van der Waals surface area contributed by atoms with Crippen LogP contribution in [0.2, 0.25) is 0 Å². The normalized spacial score (nSPS) is 17.6. The van der Waals surface area contributed by atoms with Gasteiger partial charge in [-0.3, -0.25) is 9.10 Å². The molecular formula is C23H30N2O3S. The summed E-state index contributed by atoms with van der Waals surface area (Å²) in [6.45, 7) is 8.97. The van der Waals surface area contributed by atoms with Gasteiger partial charge in [-0.15, -0.1) is 0 Å². The Hall–Kier alpha value is -2.34. The molecule has 0 bridgehead atoms. The van der Waals surface area contributed by atoms with Gasteiger partial charge in [-0.25, -0.2) is 8.42 Å². The van der Waals surface area contributed by atoms with Crippen molar-refractivity contribution in [1.29, 1.82) is 0 Å². The summed E-state index contributed by atoms with van der Waals surface area (Å²) in [6, 6.07) is 15.0. The van der Waals surface area contributed by atoms with Gasteiger partial charge in [0.25, 0.3) is 5.91 Å². The van der Waals surface area contributed by atoms with Gasteiger partial charge in [-0.2, -0.15) is 0 Å². The minimum absolute atomic E-state index is 0.0919. The van der Waals surface area contributed by atoms with E-state index in [1.54, 1.807) is 24.3 Å². The molecule has 2 aromatic carbocycles. The number of sulfonamides is 1. The standard InChI is InChI=1S/C23H30N2O3S/c1-17(18-7-11-20(12-8-18)23(2,3)4)24-22(26)19-9-13-21(14-10-19)25-15-5-6-16-29(25,27)28/h7-14,17H,5-6,15-16H2,1-4H3,(H,24,26). The van der Waals surface area contributed by atoms with E-state index in [9.17, 15) is 13.2 Å². The molecule has 1 atom stereocenters. The Labute approximate surface area is 174 Å². The number of benzene rings is 2. The highest BCUT2D eigenvalue weighted by molar-refractivity contribution is 7.92. The summed E-state index contributed by atoms with van der Waals surface area (Å²) in [6.07, 6.45) is 1.56. The average molecular weight is 415 g/mol. The van der Waals surface area contributed by atoms with Crippen LogP contribution in [0.5, 0.6) is 0 Å². The third-order valence-electron chi connectivity index (χ3n) is 5.39. The molecule has 2 aromatic rings. The number of nitrogens with one attached hydrogen (secondary N) is 1. The number of anilines is 1. The summed E-state index contributed by atoms with van der Waals surface area (Å²) in [5.74, 6) is 0.00580. The second-order valence-electron chi connectivity index (χ2n) is 8.71. The number of hydrogen-bond acceptors (Lipinski definition) is 3. The summed E-state index contributed by atoms with van der Waals surface area (Å²) in [7, 11) is -3.25. The lowest BCUT2D eigenvalue weighted by Gasteiger charge is -2.28. The number of nitrogens with zero attached hydrogens (tertiary/aromatic N) is 1. The molecule has 1 unspecified atom stereocenters. The second kappa shape index (κ2) is 8.19. The highest BCUT2D eigenvalue weighted by atomic mass is 32.2. The Morgan fingerprint density at radius 2 is 1.62 bits per heavy atom. The fraction of sp³-hybridized carbons (Fsp3) is 0.435. The summed E-state index contributed by atoms with van der Waals surface area (Å²) in [4.78, 5) is 12.6. The molecule has 1 aliphatic heterocycles. The van der Waals surface area contributed by atoms with Crippen LogP contribution in [-0.4, -0.2) is 26.6 Å². The quantitative estimate of drug-likeness (QED) is 0.806. The van der Waals surface area contributed by atoms with Gasteiger partial charge in [0, 0.05) is 12.1 Å². The topological polar surface area (TPSA) is 66.5 Å². The van der Waals surface area contributed by atoms with Crippen molar-refractivity contribution in [3.63, 3.8) is 0 Å². The predicted octanol–water partition coefficient (Wildman–Crippen LogP) is 4.41. The van der Waals surface area contributed by atoms with E-state index in [2.05, 4.69) is 50.4 Å². The van der Waals surface area contributed by atoms with Crippen molar-refractivity contribution in [2.75, 3.05) is 16.6 Å². The van der Waals surface area contributed by atoms with Crippen molar-refractivity contribution in [3.05, 3.63) is 65.2 Å².